The number of nitrogens with zero attached hydrogens (tertiary/aromatic N) is 2. The van der Waals surface area contributed by atoms with Crippen LogP contribution < -0.4 is 9.47 Å². The highest BCUT2D eigenvalue weighted by molar-refractivity contribution is 5.80. The third kappa shape index (κ3) is 6.31. The first-order valence-electron chi connectivity index (χ1n) is 13.8. The minimum absolute atomic E-state index is 0.219. The molecule has 0 saturated carbocycles. The lowest BCUT2D eigenvalue weighted by molar-refractivity contribution is -0.144. The van der Waals surface area contributed by atoms with Crippen LogP contribution in [0.1, 0.15) is 23.6 Å². The number of hydrogen-bond donors (Lipinski definition) is 1. The molecular formula is C32H36N2O7. The number of benzene rings is 3. The van der Waals surface area contributed by atoms with Gasteiger partial charge in [0.25, 0.3) is 0 Å². The molecule has 2 amide bonds. The Morgan fingerprint density at radius 1 is 0.829 bits per heavy atom. The van der Waals surface area contributed by atoms with Gasteiger partial charge in [-0.25, -0.2) is 9.59 Å². The van der Waals surface area contributed by atoms with Gasteiger partial charge >= 0.3 is 12.0 Å². The first kappa shape index (κ1) is 28.4. The molecule has 0 spiro atoms. The van der Waals surface area contributed by atoms with Crippen LogP contribution in [0.5, 0.6) is 11.5 Å². The second kappa shape index (κ2) is 12.6. The van der Waals surface area contributed by atoms with Gasteiger partial charge in [0.15, 0.2) is 6.10 Å². The standard InChI is InChI=1S/C32H36N2O7/c1-4-40-31(36)30-29(41-30)27-28(35)26(18-21-8-6-5-7-9-21)33(19-22-10-14-24(38-2)15-11-22)32(37)34(27)20-23-12-16-25(39-3)17-13-23/h5-17,26-30,35H,4,18-20H2,1-3H3/t26-,27+,28+,29?,30?/m1/s1. The van der Waals surface area contributed by atoms with E-state index in [9.17, 15) is 14.7 Å². The van der Waals surface area contributed by atoms with Gasteiger partial charge in [-0.15, -0.1) is 0 Å². The molecule has 2 aliphatic rings. The van der Waals surface area contributed by atoms with E-state index in [4.69, 9.17) is 18.9 Å². The number of esters is 1. The summed E-state index contributed by atoms with van der Waals surface area (Å²) in [4.78, 5) is 30.3. The SMILES string of the molecule is CCOC(=O)C1OC1[C@@H]1[C@@H](O)[C@@H](Cc2ccccc2)N(Cc2ccc(OC)cc2)C(=O)N1Cc1ccc(OC)cc1. The summed E-state index contributed by atoms with van der Waals surface area (Å²) in [7, 11) is 3.20. The molecule has 0 radical (unpaired) electrons. The second-order valence-electron chi connectivity index (χ2n) is 10.2. The fourth-order valence-electron chi connectivity index (χ4n) is 5.50. The van der Waals surface area contributed by atoms with E-state index in [0.717, 1.165) is 22.4 Å². The summed E-state index contributed by atoms with van der Waals surface area (Å²) in [6, 6.07) is 23.2. The van der Waals surface area contributed by atoms with Gasteiger partial charge in [-0.1, -0.05) is 54.6 Å². The summed E-state index contributed by atoms with van der Waals surface area (Å²) in [5, 5.41) is 12.0. The van der Waals surface area contributed by atoms with Crippen LogP contribution in [0.3, 0.4) is 0 Å². The summed E-state index contributed by atoms with van der Waals surface area (Å²) in [6.07, 6.45) is -2.07. The van der Waals surface area contributed by atoms with Crippen LogP contribution in [0.15, 0.2) is 78.9 Å². The van der Waals surface area contributed by atoms with E-state index >= 15 is 0 Å². The van der Waals surface area contributed by atoms with Crippen LogP contribution in [0.2, 0.25) is 0 Å². The van der Waals surface area contributed by atoms with Gasteiger partial charge in [0.05, 0.1) is 39.0 Å². The average Bonchev–Trinajstić information content (AvgIpc) is 3.79. The van der Waals surface area contributed by atoms with Crippen LogP contribution in [-0.4, -0.2) is 78.1 Å². The maximum Gasteiger partial charge on any atom is 0.338 e. The molecule has 3 aromatic rings. The second-order valence-corrected chi connectivity index (χ2v) is 10.2. The molecule has 216 valence electrons. The normalized spacial score (nSPS) is 23.7. The number of amides is 2. The molecule has 0 aromatic heterocycles. The zero-order valence-electron chi connectivity index (χ0n) is 23.5. The zero-order valence-corrected chi connectivity index (χ0v) is 23.5. The number of methoxy groups -OCH3 is 2. The molecule has 0 bridgehead atoms. The third-order valence-electron chi connectivity index (χ3n) is 7.69. The molecule has 2 unspecified atom stereocenters. The van der Waals surface area contributed by atoms with Crippen molar-refractivity contribution < 1.29 is 33.6 Å². The fraction of sp³-hybridized carbons (Fsp3) is 0.375. The monoisotopic (exact) mass is 560 g/mol. The van der Waals surface area contributed by atoms with E-state index in [1.165, 1.54) is 0 Å². The molecule has 9 nitrogen and oxygen atoms in total. The largest absolute Gasteiger partial charge is 0.497 e. The topological polar surface area (TPSA) is 101 Å². The number of urea groups is 1. The molecule has 2 fully saturated rings. The summed E-state index contributed by atoms with van der Waals surface area (Å²) in [6.45, 7) is 2.46. The Balaban J connectivity index is 1.50. The van der Waals surface area contributed by atoms with Crippen molar-refractivity contribution in [1.29, 1.82) is 0 Å². The van der Waals surface area contributed by atoms with E-state index in [-0.39, 0.29) is 25.7 Å². The number of rotatable bonds is 11. The highest BCUT2D eigenvalue weighted by atomic mass is 16.6. The van der Waals surface area contributed by atoms with E-state index in [0.29, 0.717) is 12.2 Å². The molecule has 2 aliphatic heterocycles. The molecule has 2 saturated heterocycles. The van der Waals surface area contributed by atoms with E-state index in [1.807, 2.05) is 78.9 Å². The zero-order chi connectivity index (χ0) is 28.9. The van der Waals surface area contributed by atoms with Crippen molar-refractivity contribution in [3.63, 3.8) is 0 Å². The molecule has 0 aliphatic carbocycles. The predicted molar refractivity (Wildman–Crippen MR) is 151 cm³/mol. The molecule has 5 atom stereocenters. The van der Waals surface area contributed by atoms with Gasteiger partial charge < -0.3 is 33.9 Å². The van der Waals surface area contributed by atoms with Gasteiger partial charge in [0, 0.05) is 13.1 Å². The Kier molecular flexibility index (Phi) is 8.75. The molecule has 5 rings (SSSR count). The first-order valence-corrected chi connectivity index (χ1v) is 13.8. The van der Waals surface area contributed by atoms with Crippen molar-refractivity contribution in [2.75, 3.05) is 20.8 Å². The van der Waals surface area contributed by atoms with Crippen molar-refractivity contribution in [2.24, 2.45) is 0 Å². The molecule has 1 N–H and O–H groups in total. The molecule has 2 heterocycles. The van der Waals surface area contributed by atoms with Crippen molar-refractivity contribution in [2.45, 2.75) is 56.8 Å². The quantitative estimate of drug-likeness (QED) is 0.281. The van der Waals surface area contributed by atoms with Crippen LogP contribution in [0.25, 0.3) is 0 Å². The van der Waals surface area contributed by atoms with Gasteiger partial charge in [0.2, 0.25) is 0 Å². The number of aliphatic hydroxyl groups excluding tert-OH is 1. The van der Waals surface area contributed by atoms with Gasteiger partial charge in [-0.2, -0.15) is 0 Å². The summed E-state index contributed by atoms with van der Waals surface area (Å²) < 4.78 is 21.6. The van der Waals surface area contributed by atoms with Crippen molar-refractivity contribution in [3.8, 4) is 11.5 Å². The lowest BCUT2D eigenvalue weighted by Crippen LogP contribution is -2.67. The minimum Gasteiger partial charge on any atom is -0.497 e. The van der Waals surface area contributed by atoms with Crippen molar-refractivity contribution in [1.82, 2.24) is 9.80 Å². The van der Waals surface area contributed by atoms with Crippen molar-refractivity contribution in [3.05, 3.63) is 95.6 Å². The first-order chi connectivity index (χ1) is 19.9. The number of aliphatic hydroxyl groups is 1. The smallest absolute Gasteiger partial charge is 0.338 e. The lowest BCUT2D eigenvalue weighted by Gasteiger charge is -2.49. The van der Waals surface area contributed by atoms with Gasteiger partial charge in [-0.05, 0) is 54.3 Å². The lowest BCUT2D eigenvalue weighted by atomic mass is 9.88. The summed E-state index contributed by atoms with van der Waals surface area (Å²) >= 11 is 0. The number of carbonyl (C=O) groups excluding carboxylic acids is 2. The van der Waals surface area contributed by atoms with Crippen molar-refractivity contribution >= 4 is 12.0 Å². The van der Waals surface area contributed by atoms with E-state index in [2.05, 4.69) is 0 Å². The van der Waals surface area contributed by atoms with Crippen LogP contribution in [0, 0.1) is 0 Å². The van der Waals surface area contributed by atoms with Crippen LogP contribution >= 0.6 is 0 Å². The number of epoxide rings is 1. The maximum absolute atomic E-state index is 14.4. The Bertz CT molecular complexity index is 1320. The maximum atomic E-state index is 14.4. The Hall–Kier alpha value is -4.08. The molecule has 9 heteroatoms. The number of ether oxygens (including phenoxy) is 4. The average molecular weight is 561 g/mol. The molecule has 3 aromatic carbocycles. The predicted octanol–water partition coefficient (Wildman–Crippen LogP) is 3.81. The minimum atomic E-state index is -1.01. The third-order valence-corrected chi connectivity index (χ3v) is 7.69. The Morgan fingerprint density at radius 2 is 1.39 bits per heavy atom. The van der Waals surface area contributed by atoms with Gasteiger partial charge in [-0.3, -0.25) is 0 Å². The Morgan fingerprint density at radius 3 is 1.93 bits per heavy atom. The van der Waals surface area contributed by atoms with E-state index in [1.54, 1.807) is 30.9 Å². The molecule has 41 heavy (non-hydrogen) atoms. The fourth-order valence-corrected chi connectivity index (χ4v) is 5.50. The summed E-state index contributed by atoms with van der Waals surface area (Å²) in [5.74, 6) is 0.936. The molecular weight excluding hydrogens is 524 g/mol. The highest BCUT2D eigenvalue weighted by Crippen LogP contribution is 2.38. The highest BCUT2D eigenvalue weighted by Gasteiger charge is 2.60. The van der Waals surface area contributed by atoms with E-state index < -0.39 is 36.4 Å². The summed E-state index contributed by atoms with van der Waals surface area (Å²) in [5.41, 5.74) is 2.75. The number of hydrogen-bond acceptors (Lipinski definition) is 7. The number of carbonyl (C=O) groups is 2. The van der Waals surface area contributed by atoms with Crippen LogP contribution in [0.4, 0.5) is 4.79 Å². The van der Waals surface area contributed by atoms with Crippen LogP contribution in [-0.2, 0) is 33.8 Å². The van der Waals surface area contributed by atoms with Gasteiger partial charge in [0.1, 0.15) is 17.6 Å². The Labute approximate surface area is 240 Å².